The van der Waals surface area contributed by atoms with Gasteiger partial charge in [0.25, 0.3) is 6.43 Å². The van der Waals surface area contributed by atoms with Gasteiger partial charge in [-0.15, -0.1) is 15.3 Å². The summed E-state index contributed by atoms with van der Waals surface area (Å²) in [6.45, 7) is 5.24. The number of rotatable bonds is 2. The summed E-state index contributed by atoms with van der Waals surface area (Å²) in [5.74, 6) is 0.827. The van der Waals surface area contributed by atoms with Crippen LogP contribution < -0.4 is 4.90 Å². The van der Waals surface area contributed by atoms with Crippen LogP contribution in [0.4, 0.5) is 14.6 Å². The van der Waals surface area contributed by atoms with Crippen molar-refractivity contribution in [2.24, 2.45) is 0 Å². The fraction of sp³-hybridized carbons (Fsp3) is 0.375. The second kappa shape index (κ2) is 5.47. The number of hydrogen-bond donors (Lipinski definition) is 0. The number of anilines is 1. The van der Waals surface area contributed by atoms with Gasteiger partial charge >= 0.3 is 0 Å². The summed E-state index contributed by atoms with van der Waals surface area (Å²) in [5, 5.41) is 12.6. The summed E-state index contributed by atoms with van der Waals surface area (Å²) in [5.41, 5.74) is 4.46. The van der Waals surface area contributed by atoms with Gasteiger partial charge in [0, 0.05) is 48.1 Å². The molecule has 0 saturated heterocycles. The molecule has 3 aromatic rings. The first-order chi connectivity index (χ1) is 11.5. The molecule has 0 aromatic carbocycles. The van der Waals surface area contributed by atoms with Crippen LogP contribution in [-0.2, 0) is 13.0 Å². The third-order valence-corrected chi connectivity index (χ3v) is 4.58. The van der Waals surface area contributed by atoms with E-state index in [1.807, 2.05) is 13.8 Å². The Hall–Kier alpha value is -2.64. The molecule has 0 aliphatic carbocycles. The third kappa shape index (κ3) is 2.29. The second-order valence-corrected chi connectivity index (χ2v) is 6.02. The van der Waals surface area contributed by atoms with Crippen LogP contribution in [0.25, 0.3) is 5.65 Å². The van der Waals surface area contributed by atoms with Crippen LogP contribution in [-0.4, -0.2) is 31.3 Å². The van der Waals surface area contributed by atoms with Crippen LogP contribution in [0.2, 0.25) is 0 Å². The van der Waals surface area contributed by atoms with Gasteiger partial charge in [-0.2, -0.15) is 4.52 Å². The van der Waals surface area contributed by atoms with E-state index in [0.717, 1.165) is 40.4 Å². The molecule has 0 radical (unpaired) electrons. The van der Waals surface area contributed by atoms with Crippen molar-refractivity contribution in [3.63, 3.8) is 0 Å². The van der Waals surface area contributed by atoms with Crippen molar-refractivity contribution in [3.05, 3.63) is 46.5 Å². The molecule has 0 atom stereocenters. The number of alkyl halides is 2. The molecule has 0 saturated carbocycles. The van der Waals surface area contributed by atoms with Crippen LogP contribution in [0.5, 0.6) is 0 Å². The zero-order chi connectivity index (χ0) is 16.8. The summed E-state index contributed by atoms with van der Waals surface area (Å²) in [4.78, 5) is 6.30. The molecule has 0 unspecified atom stereocenters. The molecule has 0 bridgehead atoms. The topological polar surface area (TPSA) is 59.2 Å². The average Bonchev–Trinajstić information content (AvgIpc) is 3.05. The van der Waals surface area contributed by atoms with Gasteiger partial charge < -0.3 is 4.90 Å². The highest BCUT2D eigenvalue weighted by atomic mass is 19.3. The summed E-state index contributed by atoms with van der Waals surface area (Å²) in [7, 11) is 0. The van der Waals surface area contributed by atoms with E-state index in [4.69, 9.17) is 0 Å². The smallest absolute Gasteiger partial charge is 0.265 e. The Labute approximate surface area is 137 Å². The van der Waals surface area contributed by atoms with Crippen molar-refractivity contribution in [1.82, 2.24) is 24.8 Å². The van der Waals surface area contributed by atoms with Crippen molar-refractivity contribution < 1.29 is 8.78 Å². The largest absolute Gasteiger partial charge is 0.350 e. The van der Waals surface area contributed by atoms with Crippen LogP contribution in [0.1, 0.15) is 34.4 Å². The lowest BCUT2D eigenvalue weighted by atomic mass is 10.0. The first kappa shape index (κ1) is 14.9. The van der Waals surface area contributed by atoms with Gasteiger partial charge in [0.1, 0.15) is 6.33 Å². The number of fused-ring (bicyclic) bond motifs is 2. The van der Waals surface area contributed by atoms with Crippen molar-refractivity contribution in [1.29, 1.82) is 0 Å². The van der Waals surface area contributed by atoms with E-state index in [1.54, 1.807) is 16.9 Å². The third-order valence-electron chi connectivity index (χ3n) is 4.58. The first-order valence-corrected chi connectivity index (χ1v) is 7.72. The number of nitrogens with zero attached hydrogens (tertiary/aromatic N) is 6. The molecule has 0 amide bonds. The van der Waals surface area contributed by atoms with E-state index in [1.165, 1.54) is 6.20 Å². The van der Waals surface area contributed by atoms with E-state index < -0.39 is 6.43 Å². The minimum absolute atomic E-state index is 0.0364. The summed E-state index contributed by atoms with van der Waals surface area (Å²) >= 11 is 0. The maximum atomic E-state index is 12.9. The van der Waals surface area contributed by atoms with Crippen molar-refractivity contribution >= 4 is 11.5 Å². The predicted octanol–water partition coefficient (Wildman–Crippen LogP) is 2.64. The normalized spacial score (nSPS) is 14.5. The second-order valence-electron chi connectivity index (χ2n) is 6.02. The maximum Gasteiger partial charge on any atom is 0.265 e. The van der Waals surface area contributed by atoms with Gasteiger partial charge in [0.2, 0.25) is 0 Å². The van der Waals surface area contributed by atoms with Crippen LogP contribution in [0.3, 0.4) is 0 Å². The number of aryl methyl sites for hydroxylation is 1. The summed E-state index contributed by atoms with van der Waals surface area (Å²) in [6.07, 6.45) is 1.04. The highest BCUT2D eigenvalue weighted by Gasteiger charge is 2.23. The maximum absolute atomic E-state index is 12.9. The molecule has 4 heterocycles. The Bertz CT molecular complexity index is 920. The van der Waals surface area contributed by atoms with Gasteiger partial charge in [0.15, 0.2) is 11.5 Å². The molecule has 1 aliphatic rings. The molecule has 6 nitrogen and oxygen atoms in total. The number of pyridine rings is 1. The summed E-state index contributed by atoms with van der Waals surface area (Å²) < 4.78 is 27.5. The fourth-order valence-electron chi connectivity index (χ4n) is 3.11. The zero-order valence-corrected chi connectivity index (χ0v) is 13.4. The van der Waals surface area contributed by atoms with Crippen LogP contribution in [0, 0.1) is 13.8 Å². The van der Waals surface area contributed by atoms with Gasteiger partial charge in [-0.3, -0.25) is 4.98 Å². The summed E-state index contributed by atoms with van der Waals surface area (Å²) in [6, 6.07) is 1.55. The minimum atomic E-state index is -2.51. The highest BCUT2D eigenvalue weighted by Crippen LogP contribution is 2.29. The molecule has 1 aliphatic heterocycles. The molecule has 0 spiro atoms. The molecule has 0 N–H and O–H groups in total. The van der Waals surface area contributed by atoms with Gasteiger partial charge in [0.05, 0.1) is 0 Å². The van der Waals surface area contributed by atoms with Crippen molar-refractivity contribution in [2.75, 3.05) is 11.4 Å². The lowest BCUT2D eigenvalue weighted by molar-refractivity contribution is 0.150. The van der Waals surface area contributed by atoms with Gasteiger partial charge in [-0.1, -0.05) is 0 Å². The standard InChI is InChI=1S/C16H16F2N6/c1-9-10(2)16(22-24-8-20-21-15(9)24)23-4-3-13-12(7-23)5-11(6-19-13)14(17)18/h5-6,8,14H,3-4,7H2,1-2H3. The van der Waals surface area contributed by atoms with Crippen LogP contribution in [0.15, 0.2) is 18.6 Å². The molecule has 124 valence electrons. The Morgan fingerprint density at radius 3 is 2.83 bits per heavy atom. The van der Waals surface area contributed by atoms with E-state index in [2.05, 4.69) is 25.2 Å². The van der Waals surface area contributed by atoms with E-state index in [-0.39, 0.29) is 5.56 Å². The van der Waals surface area contributed by atoms with Gasteiger partial charge in [-0.25, -0.2) is 8.78 Å². The molecular formula is C16H16F2N6. The zero-order valence-electron chi connectivity index (χ0n) is 13.4. The van der Waals surface area contributed by atoms with E-state index >= 15 is 0 Å². The molecule has 24 heavy (non-hydrogen) atoms. The predicted molar refractivity (Wildman–Crippen MR) is 84.2 cm³/mol. The Kier molecular flexibility index (Phi) is 3.40. The monoisotopic (exact) mass is 330 g/mol. The Morgan fingerprint density at radius 2 is 2.04 bits per heavy atom. The molecule has 3 aromatic heterocycles. The van der Waals surface area contributed by atoms with E-state index in [0.29, 0.717) is 13.0 Å². The fourth-order valence-corrected chi connectivity index (χ4v) is 3.11. The quantitative estimate of drug-likeness (QED) is 0.723. The molecule has 4 rings (SSSR count). The molecular weight excluding hydrogens is 314 g/mol. The lowest BCUT2D eigenvalue weighted by Crippen LogP contribution is -2.33. The van der Waals surface area contributed by atoms with E-state index in [9.17, 15) is 8.78 Å². The first-order valence-electron chi connectivity index (χ1n) is 7.72. The minimum Gasteiger partial charge on any atom is -0.350 e. The lowest BCUT2D eigenvalue weighted by Gasteiger charge is -2.30. The SMILES string of the molecule is Cc1c(N2CCc3ncc(C(F)F)cc3C2)nn2cnnc2c1C. The number of halogens is 2. The van der Waals surface area contributed by atoms with Crippen molar-refractivity contribution in [2.45, 2.75) is 33.2 Å². The van der Waals surface area contributed by atoms with Gasteiger partial charge in [-0.05, 0) is 25.5 Å². The molecule has 0 fully saturated rings. The number of hydrogen-bond acceptors (Lipinski definition) is 5. The Balaban J connectivity index is 1.74. The van der Waals surface area contributed by atoms with Crippen LogP contribution >= 0.6 is 0 Å². The Morgan fingerprint density at radius 1 is 1.21 bits per heavy atom. The number of aromatic nitrogens is 5. The van der Waals surface area contributed by atoms with Crippen molar-refractivity contribution in [3.8, 4) is 0 Å². The molecule has 8 heteroatoms. The average molecular weight is 330 g/mol. The highest BCUT2D eigenvalue weighted by molar-refractivity contribution is 5.59.